The molecule has 0 aliphatic carbocycles. The summed E-state index contributed by atoms with van der Waals surface area (Å²) in [4.78, 5) is 37.6. The fourth-order valence-electron chi connectivity index (χ4n) is 2.82. The highest BCUT2D eigenvalue weighted by molar-refractivity contribution is 6.42. The molecule has 2 aromatic rings. The number of nitrogens with zero attached hydrogens (tertiary/aromatic N) is 1. The molecule has 2 aromatic carbocycles. The van der Waals surface area contributed by atoms with Gasteiger partial charge in [-0.05, 0) is 49.4 Å². The Balaban J connectivity index is 1.68. The first-order chi connectivity index (χ1) is 12.3. The van der Waals surface area contributed by atoms with Gasteiger partial charge in [0.25, 0.3) is 0 Å². The van der Waals surface area contributed by atoms with E-state index in [4.69, 9.17) is 23.2 Å². The van der Waals surface area contributed by atoms with E-state index in [2.05, 4.69) is 5.32 Å². The molecule has 0 radical (unpaired) electrons. The van der Waals surface area contributed by atoms with Gasteiger partial charge < -0.3 is 10.2 Å². The van der Waals surface area contributed by atoms with E-state index in [1.165, 1.54) is 11.8 Å². The van der Waals surface area contributed by atoms with Crippen LogP contribution in [0.3, 0.4) is 0 Å². The Hall–Kier alpha value is -2.37. The molecule has 134 valence electrons. The lowest BCUT2D eigenvalue weighted by Crippen LogP contribution is -2.28. The highest BCUT2D eigenvalue weighted by Gasteiger charge is 2.35. The number of carbonyl (C=O) groups is 3. The van der Waals surface area contributed by atoms with Crippen molar-refractivity contribution in [3.8, 4) is 0 Å². The van der Waals surface area contributed by atoms with Crippen LogP contribution in [0.2, 0.25) is 10.0 Å². The number of hydrogen-bond donors (Lipinski definition) is 1. The van der Waals surface area contributed by atoms with Crippen LogP contribution < -0.4 is 10.2 Å². The Bertz CT molecular complexity index is 881. The molecule has 1 heterocycles. The van der Waals surface area contributed by atoms with Gasteiger partial charge in [-0.25, -0.2) is 0 Å². The van der Waals surface area contributed by atoms with Crippen molar-refractivity contribution in [2.75, 3.05) is 16.8 Å². The van der Waals surface area contributed by atoms with Crippen LogP contribution >= 0.6 is 23.2 Å². The molecule has 1 aliphatic rings. The number of benzene rings is 2. The van der Waals surface area contributed by atoms with Crippen molar-refractivity contribution in [3.63, 3.8) is 0 Å². The Kier molecular flexibility index (Phi) is 5.30. The topological polar surface area (TPSA) is 66.5 Å². The van der Waals surface area contributed by atoms with Crippen LogP contribution in [0.1, 0.15) is 23.7 Å². The lowest BCUT2D eigenvalue weighted by atomic mass is 10.1. The normalized spacial score (nSPS) is 16.7. The quantitative estimate of drug-likeness (QED) is 0.795. The molecule has 0 aromatic heterocycles. The zero-order chi connectivity index (χ0) is 18.8. The van der Waals surface area contributed by atoms with Crippen LogP contribution in [0, 0.1) is 5.92 Å². The van der Waals surface area contributed by atoms with E-state index in [0.717, 1.165) is 0 Å². The van der Waals surface area contributed by atoms with Crippen LogP contribution in [0.5, 0.6) is 0 Å². The minimum Gasteiger partial charge on any atom is -0.326 e. The van der Waals surface area contributed by atoms with Crippen molar-refractivity contribution in [1.29, 1.82) is 0 Å². The number of Topliss-reactive ketones (excluding diaryl/α,β-unsaturated/α-hetero) is 1. The fraction of sp³-hybridized carbons (Fsp3) is 0.211. The summed E-state index contributed by atoms with van der Waals surface area (Å²) in [5.74, 6) is -0.891. The van der Waals surface area contributed by atoms with Gasteiger partial charge in [0, 0.05) is 29.9 Å². The van der Waals surface area contributed by atoms with E-state index < -0.39 is 5.92 Å². The first kappa shape index (κ1) is 18.4. The number of halogens is 2. The third kappa shape index (κ3) is 3.89. The van der Waals surface area contributed by atoms with Crippen LogP contribution in [0.25, 0.3) is 0 Å². The predicted octanol–water partition coefficient (Wildman–Crippen LogP) is 4.19. The molecule has 26 heavy (non-hydrogen) atoms. The number of nitrogens with one attached hydrogen (secondary N) is 1. The Morgan fingerprint density at radius 1 is 1.08 bits per heavy atom. The summed E-state index contributed by atoms with van der Waals surface area (Å²) in [7, 11) is 0. The first-order valence-electron chi connectivity index (χ1n) is 8.02. The summed E-state index contributed by atoms with van der Waals surface area (Å²) in [5.41, 5.74) is 1.77. The second kappa shape index (κ2) is 7.48. The van der Waals surface area contributed by atoms with Crippen molar-refractivity contribution in [3.05, 3.63) is 58.1 Å². The van der Waals surface area contributed by atoms with Gasteiger partial charge in [-0.1, -0.05) is 23.2 Å². The van der Waals surface area contributed by atoms with Gasteiger partial charge in [0.05, 0.1) is 16.0 Å². The SMILES string of the molecule is CC(=O)c1ccc(NC(=O)C2CC(=O)N(c3ccc(Cl)c(Cl)c3)C2)cc1. The molecule has 0 bridgehead atoms. The van der Waals surface area contributed by atoms with Crippen molar-refractivity contribution < 1.29 is 14.4 Å². The van der Waals surface area contributed by atoms with Gasteiger partial charge in [0.15, 0.2) is 5.78 Å². The summed E-state index contributed by atoms with van der Waals surface area (Å²) in [5, 5.41) is 3.55. The van der Waals surface area contributed by atoms with Gasteiger partial charge >= 0.3 is 0 Å². The van der Waals surface area contributed by atoms with Crippen molar-refractivity contribution in [1.82, 2.24) is 0 Å². The molecule has 2 amide bonds. The maximum absolute atomic E-state index is 12.5. The van der Waals surface area contributed by atoms with E-state index in [-0.39, 0.29) is 30.6 Å². The summed E-state index contributed by atoms with van der Waals surface area (Å²) in [6, 6.07) is 11.6. The molecule has 0 spiro atoms. The molecule has 1 atom stereocenters. The predicted molar refractivity (Wildman–Crippen MR) is 102 cm³/mol. The van der Waals surface area contributed by atoms with Crippen LogP contribution in [0.15, 0.2) is 42.5 Å². The molecule has 1 N–H and O–H groups in total. The van der Waals surface area contributed by atoms with E-state index in [9.17, 15) is 14.4 Å². The average Bonchev–Trinajstić information content (AvgIpc) is 3.00. The van der Waals surface area contributed by atoms with Crippen molar-refractivity contribution >= 4 is 52.2 Å². The Morgan fingerprint density at radius 2 is 1.77 bits per heavy atom. The smallest absolute Gasteiger partial charge is 0.229 e. The molecule has 1 saturated heterocycles. The van der Waals surface area contributed by atoms with Crippen LogP contribution in [-0.4, -0.2) is 24.1 Å². The van der Waals surface area contributed by atoms with Crippen LogP contribution in [0.4, 0.5) is 11.4 Å². The lowest BCUT2D eigenvalue weighted by Gasteiger charge is -2.17. The number of anilines is 2. The molecule has 1 fully saturated rings. The van der Waals surface area contributed by atoms with E-state index in [1.54, 1.807) is 42.5 Å². The Labute approximate surface area is 160 Å². The third-order valence-electron chi connectivity index (χ3n) is 4.27. The highest BCUT2D eigenvalue weighted by atomic mass is 35.5. The highest BCUT2D eigenvalue weighted by Crippen LogP contribution is 2.31. The molecule has 0 saturated carbocycles. The van der Waals surface area contributed by atoms with Gasteiger partial charge in [0.1, 0.15) is 0 Å². The summed E-state index contributed by atoms with van der Waals surface area (Å²) >= 11 is 11.9. The second-order valence-electron chi connectivity index (χ2n) is 6.13. The fourth-order valence-corrected chi connectivity index (χ4v) is 3.11. The van der Waals surface area contributed by atoms with Gasteiger partial charge in [-0.2, -0.15) is 0 Å². The molecule has 7 heteroatoms. The second-order valence-corrected chi connectivity index (χ2v) is 6.94. The minimum absolute atomic E-state index is 0.0402. The number of carbonyl (C=O) groups excluding carboxylic acids is 3. The first-order valence-corrected chi connectivity index (χ1v) is 8.78. The number of hydrogen-bond acceptors (Lipinski definition) is 3. The zero-order valence-electron chi connectivity index (χ0n) is 14.0. The monoisotopic (exact) mass is 390 g/mol. The number of rotatable bonds is 4. The average molecular weight is 391 g/mol. The molecule has 1 unspecified atom stereocenters. The number of ketones is 1. The van der Waals surface area contributed by atoms with Crippen LogP contribution in [-0.2, 0) is 9.59 Å². The van der Waals surface area contributed by atoms with Gasteiger partial charge in [-0.3, -0.25) is 14.4 Å². The summed E-state index contributed by atoms with van der Waals surface area (Å²) < 4.78 is 0. The molecular weight excluding hydrogens is 375 g/mol. The minimum atomic E-state index is -0.468. The summed E-state index contributed by atoms with van der Waals surface area (Å²) in [6.07, 6.45) is 0.123. The van der Waals surface area contributed by atoms with E-state index in [0.29, 0.717) is 27.0 Å². The van der Waals surface area contributed by atoms with E-state index >= 15 is 0 Å². The molecule has 1 aliphatic heterocycles. The standard InChI is InChI=1S/C19H16Cl2N2O3/c1-11(24)12-2-4-14(5-3-12)22-19(26)13-8-18(25)23(10-13)15-6-7-16(20)17(21)9-15/h2-7,9,13H,8,10H2,1H3,(H,22,26). The van der Waals surface area contributed by atoms with Crippen molar-refractivity contribution in [2.45, 2.75) is 13.3 Å². The third-order valence-corrected chi connectivity index (χ3v) is 5.01. The maximum atomic E-state index is 12.5. The van der Waals surface area contributed by atoms with Gasteiger partial charge in [-0.15, -0.1) is 0 Å². The lowest BCUT2D eigenvalue weighted by molar-refractivity contribution is -0.122. The Morgan fingerprint density at radius 3 is 2.38 bits per heavy atom. The maximum Gasteiger partial charge on any atom is 0.229 e. The number of amides is 2. The summed E-state index contributed by atoms with van der Waals surface area (Å²) in [6.45, 7) is 1.75. The van der Waals surface area contributed by atoms with E-state index in [1.807, 2.05) is 0 Å². The van der Waals surface area contributed by atoms with Crippen molar-refractivity contribution in [2.24, 2.45) is 5.92 Å². The molecule has 3 rings (SSSR count). The molecule has 5 nitrogen and oxygen atoms in total. The zero-order valence-corrected chi connectivity index (χ0v) is 15.5. The van der Waals surface area contributed by atoms with Gasteiger partial charge in [0.2, 0.25) is 11.8 Å². The molecular formula is C19H16Cl2N2O3. The largest absolute Gasteiger partial charge is 0.326 e.